The molecule has 0 aliphatic heterocycles. The molecule has 0 bridgehead atoms. The third-order valence-corrected chi connectivity index (χ3v) is 3.80. The van der Waals surface area contributed by atoms with E-state index in [9.17, 15) is 14.7 Å². The largest absolute Gasteiger partial charge is 0.481 e. The number of aliphatic hydroxyl groups is 1. The molecule has 5 nitrogen and oxygen atoms in total. The van der Waals surface area contributed by atoms with Gasteiger partial charge in [0.25, 0.3) is 0 Å². The van der Waals surface area contributed by atoms with Crippen LogP contribution in [0.25, 0.3) is 0 Å². The Kier molecular flexibility index (Phi) is 3.66. The maximum absolute atomic E-state index is 11.7. The molecule has 2 aliphatic carbocycles. The minimum atomic E-state index is -0.807. The van der Waals surface area contributed by atoms with Crippen molar-refractivity contribution in [2.45, 2.75) is 38.2 Å². The van der Waals surface area contributed by atoms with E-state index in [4.69, 9.17) is 5.11 Å². The molecule has 3 unspecified atom stereocenters. The first kappa shape index (κ1) is 12.4. The molecule has 0 aromatic rings. The summed E-state index contributed by atoms with van der Waals surface area (Å²) < 4.78 is 0. The molecule has 96 valence electrons. The molecule has 2 rings (SSSR count). The van der Waals surface area contributed by atoms with Gasteiger partial charge in [0.05, 0.1) is 12.0 Å². The highest BCUT2D eigenvalue weighted by Gasteiger charge is 2.35. The van der Waals surface area contributed by atoms with E-state index in [1.807, 2.05) is 0 Å². The van der Waals surface area contributed by atoms with Crippen LogP contribution in [-0.4, -0.2) is 34.7 Å². The maximum atomic E-state index is 11.7. The Morgan fingerprint density at radius 1 is 1.18 bits per heavy atom. The molecule has 1 amide bonds. The van der Waals surface area contributed by atoms with Crippen molar-refractivity contribution in [3.63, 3.8) is 0 Å². The van der Waals surface area contributed by atoms with E-state index in [0.29, 0.717) is 31.7 Å². The van der Waals surface area contributed by atoms with Gasteiger partial charge in [0.2, 0.25) is 5.91 Å². The molecule has 3 atom stereocenters. The second kappa shape index (κ2) is 5.04. The van der Waals surface area contributed by atoms with Crippen LogP contribution in [0.3, 0.4) is 0 Å². The van der Waals surface area contributed by atoms with Gasteiger partial charge in [-0.1, -0.05) is 0 Å². The predicted molar refractivity (Wildman–Crippen MR) is 60.2 cm³/mol. The van der Waals surface area contributed by atoms with Gasteiger partial charge >= 0.3 is 5.97 Å². The lowest BCUT2D eigenvalue weighted by Crippen LogP contribution is -2.36. The maximum Gasteiger partial charge on any atom is 0.306 e. The van der Waals surface area contributed by atoms with Crippen LogP contribution in [0.1, 0.15) is 32.1 Å². The van der Waals surface area contributed by atoms with Crippen LogP contribution >= 0.6 is 0 Å². The first-order chi connectivity index (χ1) is 8.08. The van der Waals surface area contributed by atoms with Gasteiger partial charge in [-0.05, 0) is 38.0 Å². The average Bonchev–Trinajstić information content (AvgIpc) is 3.02. The summed E-state index contributed by atoms with van der Waals surface area (Å²) in [6, 6.07) is 0. The number of carboxylic acids is 1. The first-order valence-electron chi connectivity index (χ1n) is 6.26. The number of nitrogens with one attached hydrogen (secondary N) is 1. The van der Waals surface area contributed by atoms with Crippen LogP contribution in [0.5, 0.6) is 0 Å². The molecule has 0 spiro atoms. The lowest BCUT2D eigenvalue weighted by atomic mass is 10.0. The zero-order valence-electron chi connectivity index (χ0n) is 9.76. The van der Waals surface area contributed by atoms with Crippen molar-refractivity contribution in [2.75, 3.05) is 6.54 Å². The Morgan fingerprint density at radius 3 is 2.35 bits per heavy atom. The number of carboxylic acid groups (broad SMARTS) is 1. The zero-order chi connectivity index (χ0) is 12.4. The van der Waals surface area contributed by atoms with E-state index in [1.165, 1.54) is 0 Å². The van der Waals surface area contributed by atoms with Gasteiger partial charge in [0, 0.05) is 12.5 Å². The van der Waals surface area contributed by atoms with Crippen molar-refractivity contribution >= 4 is 11.9 Å². The standard InChI is InChI=1S/C12H19NO4/c14-10(7-1-2-7)6-13-11(15)8-3-4-9(5-8)12(16)17/h7-10,14H,1-6H2,(H,13,15)(H,16,17). The van der Waals surface area contributed by atoms with Crippen LogP contribution in [0, 0.1) is 17.8 Å². The lowest BCUT2D eigenvalue weighted by molar-refractivity contribution is -0.141. The van der Waals surface area contributed by atoms with Crippen molar-refractivity contribution in [3.05, 3.63) is 0 Å². The number of aliphatic carboxylic acids is 1. The second-order valence-electron chi connectivity index (χ2n) is 5.20. The summed E-state index contributed by atoms with van der Waals surface area (Å²) in [6.45, 7) is 0.303. The Bertz CT molecular complexity index is 314. The van der Waals surface area contributed by atoms with E-state index < -0.39 is 12.1 Å². The van der Waals surface area contributed by atoms with Crippen LogP contribution in [-0.2, 0) is 9.59 Å². The lowest BCUT2D eigenvalue weighted by Gasteiger charge is -2.14. The Hall–Kier alpha value is -1.10. The first-order valence-corrected chi connectivity index (χ1v) is 6.26. The highest BCUT2D eigenvalue weighted by molar-refractivity contribution is 5.80. The Morgan fingerprint density at radius 2 is 1.82 bits per heavy atom. The van der Waals surface area contributed by atoms with E-state index in [1.54, 1.807) is 0 Å². The van der Waals surface area contributed by atoms with Gasteiger partial charge < -0.3 is 15.5 Å². The third-order valence-electron chi connectivity index (χ3n) is 3.80. The van der Waals surface area contributed by atoms with Crippen molar-refractivity contribution in [2.24, 2.45) is 17.8 Å². The van der Waals surface area contributed by atoms with Crippen molar-refractivity contribution in [1.82, 2.24) is 5.32 Å². The molecule has 17 heavy (non-hydrogen) atoms. The quantitative estimate of drug-likeness (QED) is 0.649. The van der Waals surface area contributed by atoms with E-state index in [2.05, 4.69) is 5.32 Å². The molecular formula is C12H19NO4. The summed E-state index contributed by atoms with van der Waals surface area (Å²) in [6.07, 6.45) is 3.31. The fraction of sp³-hybridized carbons (Fsp3) is 0.833. The van der Waals surface area contributed by atoms with Crippen molar-refractivity contribution in [1.29, 1.82) is 0 Å². The number of hydrogen-bond acceptors (Lipinski definition) is 3. The van der Waals surface area contributed by atoms with Crippen LogP contribution in [0.15, 0.2) is 0 Å². The SMILES string of the molecule is O=C(O)C1CCC(C(=O)NCC(O)C2CC2)C1. The fourth-order valence-electron chi connectivity index (χ4n) is 2.44. The normalized spacial score (nSPS) is 29.9. The van der Waals surface area contributed by atoms with Crippen LogP contribution in [0.2, 0.25) is 0 Å². The van der Waals surface area contributed by atoms with Crippen molar-refractivity contribution < 1.29 is 19.8 Å². The molecule has 0 saturated heterocycles. The zero-order valence-corrected chi connectivity index (χ0v) is 9.76. The molecule has 0 aromatic carbocycles. The topological polar surface area (TPSA) is 86.6 Å². The molecule has 2 fully saturated rings. The highest BCUT2D eigenvalue weighted by Crippen LogP contribution is 2.33. The molecule has 0 radical (unpaired) electrons. The van der Waals surface area contributed by atoms with Crippen LogP contribution in [0.4, 0.5) is 0 Å². The number of amides is 1. The highest BCUT2D eigenvalue weighted by atomic mass is 16.4. The third kappa shape index (κ3) is 3.19. The number of rotatable bonds is 5. The summed E-state index contributed by atoms with van der Waals surface area (Å²) in [5.41, 5.74) is 0. The number of carbonyl (C=O) groups excluding carboxylic acids is 1. The van der Waals surface area contributed by atoms with Gasteiger partial charge in [0.1, 0.15) is 0 Å². The number of hydrogen-bond donors (Lipinski definition) is 3. The minimum Gasteiger partial charge on any atom is -0.481 e. The Balaban J connectivity index is 1.71. The number of carbonyl (C=O) groups is 2. The summed E-state index contributed by atoms with van der Waals surface area (Å²) in [5.74, 6) is -1.13. The van der Waals surface area contributed by atoms with Crippen molar-refractivity contribution in [3.8, 4) is 0 Å². The molecule has 5 heteroatoms. The number of aliphatic hydroxyl groups excluding tert-OH is 1. The minimum absolute atomic E-state index is 0.103. The van der Waals surface area contributed by atoms with Gasteiger partial charge in [-0.2, -0.15) is 0 Å². The predicted octanol–water partition coefficient (Wildman–Crippen LogP) is 0.374. The summed E-state index contributed by atoms with van der Waals surface area (Å²) in [5, 5.41) is 21.2. The average molecular weight is 241 g/mol. The molecule has 0 aromatic heterocycles. The smallest absolute Gasteiger partial charge is 0.306 e. The summed E-state index contributed by atoms with van der Waals surface area (Å²) in [7, 11) is 0. The molecule has 0 heterocycles. The monoisotopic (exact) mass is 241 g/mol. The second-order valence-corrected chi connectivity index (χ2v) is 5.20. The van der Waals surface area contributed by atoms with Gasteiger partial charge in [-0.3, -0.25) is 9.59 Å². The molecular weight excluding hydrogens is 222 g/mol. The molecule has 3 N–H and O–H groups in total. The molecule has 2 saturated carbocycles. The van der Waals surface area contributed by atoms with Gasteiger partial charge in [-0.15, -0.1) is 0 Å². The Labute approximate surface area is 100 Å². The summed E-state index contributed by atoms with van der Waals surface area (Å²) >= 11 is 0. The van der Waals surface area contributed by atoms with E-state index >= 15 is 0 Å². The summed E-state index contributed by atoms with van der Waals surface area (Å²) in [4.78, 5) is 22.5. The van der Waals surface area contributed by atoms with Gasteiger partial charge in [0.15, 0.2) is 0 Å². The molecule has 2 aliphatic rings. The van der Waals surface area contributed by atoms with Gasteiger partial charge in [-0.25, -0.2) is 0 Å². The van der Waals surface area contributed by atoms with E-state index in [0.717, 1.165) is 12.8 Å². The van der Waals surface area contributed by atoms with E-state index in [-0.39, 0.29) is 17.7 Å². The fourth-order valence-corrected chi connectivity index (χ4v) is 2.44. The van der Waals surface area contributed by atoms with Crippen LogP contribution < -0.4 is 5.32 Å².